The van der Waals surface area contributed by atoms with Crippen molar-refractivity contribution < 1.29 is 4.79 Å². The monoisotopic (exact) mass is 467 g/mol. The minimum absolute atomic E-state index is 0.0392. The van der Waals surface area contributed by atoms with E-state index in [2.05, 4.69) is 30.0 Å². The first-order valence-corrected chi connectivity index (χ1v) is 12.6. The third-order valence-electron chi connectivity index (χ3n) is 7.36. The topological polar surface area (TPSA) is 47.2 Å². The van der Waals surface area contributed by atoms with E-state index in [-0.39, 0.29) is 17.4 Å². The number of hydrogen-bond acceptors (Lipinski definition) is 3. The predicted molar refractivity (Wildman–Crippen MR) is 141 cm³/mol. The van der Waals surface area contributed by atoms with Crippen LogP contribution in [0.2, 0.25) is 0 Å². The highest BCUT2D eigenvalue weighted by Crippen LogP contribution is 2.23. The third kappa shape index (κ3) is 4.87. The van der Waals surface area contributed by atoms with Gasteiger partial charge in [0.1, 0.15) is 0 Å². The summed E-state index contributed by atoms with van der Waals surface area (Å²) in [7, 11) is 0. The number of aryl methyl sites for hydroxylation is 2. The second-order valence-electron chi connectivity index (χ2n) is 9.79. The molecule has 180 valence electrons. The summed E-state index contributed by atoms with van der Waals surface area (Å²) in [6, 6.07) is 24.3. The smallest absolute Gasteiger partial charge is 0.302 e. The van der Waals surface area contributed by atoms with Crippen LogP contribution in [0.5, 0.6) is 0 Å². The maximum atomic E-state index is 13.4. The number of likely N-dealkylation sites (tertiary alicyclic amines) is 1. The lowest BCUT2D eigenvalue weighted by atomic mass is 9.87. The van der Waals surface area contributed by atoms with Crippen LogP contribution in [0.4, 0.5) is 0 Å². The van der Waals surface area contributed by atoms with Crippen molar-refractivity contribution in [2.75, 3.05) is 19.6 Å². The highest BCUT2D eigenvalue weighted by Gasteiger charge is 2.26. The first kappa shape index (κ1) is 23.3. The maximum absolute atomic E-state index is 13.4. The number of carbonyl (C=O) groups excluding carboxylic acids is 1. The van der Waals surface area contributed by atoms with E-state index in [0.717, 1.165) is 60.2 Å². The number of imidazole rings is 1. The van der Waals surface area contributed by atoms with E-state index in [1.807, 2.05) is 70.7 Å². The van der Waals surface area contributed by atoms with Crippen LogP contribution in [0.3, 0.4) is 0 Å². The number of para-hydroxylation sites is 2. The van der Waals surface area contributed by atoms with Gasteiger partial charge in [-0.05, 0) is 63.0 Å². The van der Waals surface area contributed by atoms with Crippen LogP contribution in [-0.4, -0.2) is 39.5 Å². The van der Waals surface area contributed by atoms with Crippen LogP contribution in [0.1, 0.15) is 39.9 Å². The number of ketones is 1. The van der Waals surface area contributed by atoms with Gasteiger partial charge in [0.05, 0.1) is 17.6 Å². The molecule has 5 rings (SSSR count). The SMILES string of the molecule is Cc1cccc(Cn2c(=O)n(CCN3CCC(C(=O)c4ccccc4C)CC3)c3ccccc32)c1. The molecule has 0 unspecified atom stereocenters. The molecule has 2 heterocycles. The van der Waals surface area contributed by atoms with Crippen LogP contribution in [0.15, 0.2) is 77.6 Å². The molecule has 5 nitrogen and oxygen atoms in total. The van der Waals surface area contributed by atoms with Crippen LogP contribution in [0.25, 0.3) is 11.0 Å². The molecule has 5 heteroatoms. The number of piperidine rings is 1. The second kappa shape index (κ2) is 10.0. The van der Waals surface area contributed by atoms with Crippen LogP contribution >= 0.6 is 0 Å². The summed E-state index contributed by atoms with van der Waals surface area (Å²) in [4.78, 5) is 28.8. The van der Waals surface area contributed by atoms with Crippen molar-refractivity contribution in [1.82, 2.24) is 14.0 Å². The van der Waals surface area contributed by atoms with Gasteiger partial charge in [0.2, 0.25) is 0 Å². The first-order chi connectivity index (χ1) is 17.0. The molecule has 4 aromatic rings. The normalized spacial score (nSPS) is 15.0. The lowest BCUT2D eigenvalue weighted by Gasteiger charge is -2.31. The van der Waals surface area contributed by atoms with Crippen LogP contribution in [-0.2, 0) is 13.1 Å². The molecule has 0 atom stereocenters. The Morgan fingerprint density at radius 3 is 2.23 bits per heavy atom. The molecule has 0 spiro atoms. The van der Waals surface area contributed by atoms with Crippen molar-refractivity contribution in [1.29, 1.82) is 0 Å². The quantitative estimate of drug-likeness (QED) is 0.357. The third-order valence-corrected chi connectivity index (χ3v) is 7.36. The van der Waals surface area contributed by atoms with Crippen LogP contribution < -0.4 is 5.69 Å². The fourth-order valence-corrected chi connectivity index (χ4v) is 5.36. The zero-order valence-corrected chi connectivity index (χ0v) is 20.6. The maximum Gasteiger partial charge on any atom is 0.329 e. The van der Waals surface area contributed by atoms with Crippen molar-refractivity contribution in [3.05, 3.63) is 106 Å². The molecular formula is C30H33N3O2. The van der Waals surface area contributed by atoms with Crippen molar-refractivity contribution in [3.63, 3.8) is 0 Å². The molecule has 0 aliphatic carbocycles. The second-order valence-corrected chi connectivity index (χ2v) is 9.79. The lowest BCUT2D eigenvalue weighted by Crippen LogP contribution is -2.39. The molecule has 35 heavy (non-hydrogen) atoms. The van der Waals surface area contributed by atoms with Gasteiger partial charge in [0.15, 0.2) is 5.78 Å². The van der Waals surface area contributed by atoms with Gasteiger partial charge in [0.25, 0.3) is 0 Å². The first-order valence-electron chi connectivity index (χ1n) is 12.6. The Hall–Kier alpha value is -3.44. The summed E-state index contributed by atoms with van der Waals surface area (Å²) in [5, 5.41) is 0. The average Bonchev–Trinajstić information content (AvgIpc) is 3.13. The van der Waals surface area contributed by atoms with Crippen molar-refractivity contribution in [3.8, 4) is 0 Å². The molecular weight excluding hydrogens is 434 g/mol. The number of fused-ring (bicyclic) bond motifs is 1. The summed E-state index contributed by atoms with van der Waals surface area (Å²) in [6.07, 6.45) is 1.74. The van der Waals surface area contributed by atoms with Gasteiger partial charge < -0.3 is 4.90 Å². The summed E-state index contributed by atoms with van der Waals surface area (Å²) in [5.74, 6) is 0.365. The van der Waals surface area contributed by atoms with E-state index >= 15 is 0 Å². The standard InChI is InChI=1S/C30H33N3O2/c1-22-8-7-10-24(20-22)21-33-28-13-6-5-12-27(28)32(30(33)35)19-18-31-16-14-25(15-17-31)29(34)26-11-4-3-9-23(26)2/h3-13,20,25H,14-19,21H2,1-2H3. The predicted octanol–water partition coefficient (Wildman–Crippen LogP) is 5.06. The minimum Gasteiger partial charge on any atom is -0.302 e. The molecule has 1 saturated heterocycles. The Kier molecular flexibility index (Phi) is 6.69. The van der Waals surface area contributed by atoms with Crippen molar-refractivity contribution >= 4 is 16.8 Å². The van der Waals surface area contributed by atoms with Gasteiger partial charge in [-0.15, -0.1) is 0 Å². The molecule has 0 bridgehead atoms. The fourth-order valence-electron chi connectivity index (χ4n) is 5.36. The number of nitrogens with zero attached hydrogens (tertiary/aromatic N) is 3. The van der Waals surface area contributed by atoms with E-state index in [1.165, 1.54) is 5.56 Å². The lowest BCUT2D eigenvalue weighted by molar-refractivity contribution is 0.0837. The van der Waals surface area contributed by atoms with E-state index in [0.29, 0.717) is 13.1 Å². The number of aromatic nitrogens is 2. The van der Waals surface area contributed by atoms with Crippen molar-refractivity contribution in [2.24, 2.45) is 5.92 Å². The highest BCUT2D eigenvalue weighted by molar-refractivity contribution is 5.99. The van der Waals surface area contributed by atoms with Gasteiger partial charge in [0, 0.05) is 24.6 Å². The number of Topliss-reactive ketones (excluding diaryl/α,β-unsaturated/α-hetero) is 1. The molecule has 1 aliphatic heterocycles. The number of rotatable bonds is 7. The molecule has 0 saturated carbocycles. The summed E-state index contributed by atoms with van der Waals surface area (Å²) in [6.45, 7) is 7.89. The van der Waals surface area contributed by atoms with E-state index in [9.17, 15) is 9.59 Å². The van der Waals surface area contributed by atoms with Crippen LogP contribution in [0, 0.1) is 19.8 Å². The summed E-state index contributed by atoms with van der Waals surface area (Å²) >= 11 is 0. The highest BCUT2D eigenvalue weighted by atomic mass is 16.1. The number of carbonyl (C=O) groups is 1. The molecule has 3 aromatic carbocycles. The zero-order chi connectivity index (χ0) is 24.4. The Morgan fingerprint density at radius 2 is 1.51 bits per heavy atom. The zero-order valence-electron chi connectivity index (χ0n) is 20.6. The molecule has 0 radical (unpaired) electrons. The summed E-state index contributed by atoms with van der Waals surface area (Å²) in [5.41, 5.74) is 6.24. The number of benzene rings is 3. The Labute approximate surface area is 206 Å². The minimum atomic E-state index is 0.0392. The Morgan fingerprint density at radius 1 is 0.829 bits per heavy atom. The molecule has 1 aromatic heterocycles. The van der Waals surface area contributed by atoms with Crippen molar-refractivity contribution in [2.45, 2.75) is 39.8 Å². The Balaban J connectivity index is 1.27. The van der Waals surface area contributed by atoms with Gasteiger partial charge in [-0.2, -0.15) is 0 Å². The van der Waals surface area contributed by atoms with Gasteiger partial charge in [-0.1, -0.05) is 66.2 Å². The van der Waals surface area contributed by atoms with E-state index in [4.69, 9.17) is 0 Å². The molecule has 0 amide bonds. The Bertz CT molecular complexity index is 1410. The number of hydrogen-bond donors (Lipinski definition) is 0. The van der Waals surface area contributed by atoms with E-state index < -0.39 is 0 Å². The van der Waals surface area contributed by atoms with Gasteiger partial charge in [-0.25, -0.2) is 4.79 Å². The average molecular weight is 468 g/mol. The molecule has 0 N–H and O–H groups in total. The fraction of sp³-hybridized carbons (Fsp3) is 0.333. The largest absolute Gasteiger partial charge is 0.329 e. The molecule has 1 fully saturated rings. The molecule has 1 aliphatic rings. The van der Waals surface area contributed by atoms with E-state index in [1.54, 1.807) is 0 Å². The van der Waals surface area contributed by atoms with Gasteiger partial charge in [-0.3, -0.25) is 13.9 Å². The van der Waals surface area contributed by atoms with Gasteiger partial charge >= 0.3 is 5.69 Å². The summed E-state index contributed by atoms with van der Waals surface area (Å²) < 4.78 is 3.80.